The normalized spacial score (nSPS) is 18.0. The molecule has 0 saturated heterocycles. The van der Waals surface area contributed by atoms with Gasteiger partial charge < -0.3 is 20.8 Å². The van der Waals surface area contributed by atoms with Crippen molar-refractivity contribution in [2.45, 2.75) is 50.4 Å². The van der Waals surface area contributed by atoms with Crippen LogP contribution >= 0.6 is 0 Å². The molecule has 1 aliphatic carbocycles. The van der Waals surface area contributed by atoms with Crippen LogP contribution in [0.4, 0.5) is 33.6 Å². The number of carboxylic acids is 1. The lowest BCUT2D eigenvalue weighted by molar-refractivity contribution is -0.192. The molecular formula is C20H22F5N7O4. The Labute approximate surface area is 199 Å². The maximum Gasteiger partial charge on any atom is 0.490 e. The first-order valence-corrected chi connectivity index (χ1v) is 10.6. The van der Waals surface area contributed by atoms with E-state index in [1.807, 2.05) is 0 Å². The highest BCUT2D eigenvalue weighted by atomic mass is 19.4. The highest BCUT2D eigenvalue weighted by molar-refractivity contribution is 6.04. The van der Waals surface area contributed by atoms with E-state index in [1.54, 1.807) is 12.3 Å². The van der Waals surface area contributed by atoms with Crippen LogP contribution in [0.15, 0.2) is 24.5 Å². The maximum absolute atomic E-state index is 13.1. The molecular weight excluding hydrogens is 497 g/mol. The number of amides is 1. The summed E-state index contributed by atoms with van der Waals surface area (Å²) in [4.78, 5) is 25.8. The van der Waals surface area contributed by atoms with Crippen molar-refractivity contribution >= 4 is 29.0 Å². The second-order valence-corrected chi connectivity index (χ2v) is 7.90. The molecule has 0 bridgehead atoms. The van der Waals surface area contributed by atoms with Gasteiger partial charge in [-0.2, -0.15) is 18.3 Å². The predicted octanol–water partition coefficient (Wildman–Crippen LogP) is 3.00. The second-order valence-electron chi connectivity index (χ2n) is 7.90. The summed E-state index contributed by atoms with van der Waals surface area (Å²) in [6.45, 7) is 0. The SMILES string of the molecule is Cn1cc(NC(=O)c2ccc3cnc(N[C@@H]4CCCC[C@@H]4O)nn23)c(C(F)F)n1.O=C(O)C(F)(F)F. The number of fused-ring (bicyclic) bond motifs is 1. The number of halogens is 5. The number of hydrogen-bond acceptors (Lipinski definition) is 7. The van der Waals surface area contributed by atoms with Crippen LogP contribution in [0.25, 0.3) is 5.52 Å². The number of alkyl halides is 5. The molecule has 4 rings (SSSR count). The number of carbonyl (C=O) groups excluding carboxylic acids is 1. The maximum atomic E-state index is 13.1. The number of nitrogens with one attached hydrogen (secondary N) is 2. The topological polar surface area (TPSA) is 147 Å². The second kappa shape index (κ2) is 10.8. The van der Waals surface area contributed by atoms with E-state index in [1.165, 1.54) is 28.5 Å². The van der Waals surface area contributed by atoms with Crippen LogP contribution in [0.5, 0.6) is 0 Å². The van der Waals surface area contributed by atoms with Gasteiger partial charge in [-0.1, -0.05) is 12.8 Å². The Morgan fingerprint density at radius 3 is 2.44 bits per heavy atom. The third kappa shape index (κ3) is 6.44. The monoisotopic (exact) mass is 519 g/mol. The number of anilines is 2. The minimum Gasteiger partial charge on any atom is -0.475 e. The molecule has 1 fully saturated rings. The Morgan fingerprint density at radius 2 is 1.83 bits per heavy atom. The lowest BCUT2D eigenvalue weighted by atomic mass is 9.93. The number of carbonyl (C=O) groups is 2. The molecule has 36 heavy (non-hydrogen) atoms. The number of rotatable bonds is 5. The van der Waals surface area contributed by atoms with Crippen LogP contribution in [0.2, 0.25) is 0 Å². The van der Waals surface area contributed by atoms with Crippen molar-refractivity contribution in [3.63, 3.8) is 0 Å². The van der Waals surface area contributed by atoms with Crippen LogP contribution in [-0.2, 0) is 11.8 Å². The van der Waals surface area contributed by atoms with E-state index in [9.17, 15) is 31.9 Å². The van der Waals surface area contributed by atoms with Gasteiger partial charge in [0.2, 0.25) is 5.95 Å². The van der Waals surface area contributed by atoms with Gasteiger partial charge in [0.05, 0.1) is 29.5 Å². The van der Waals surface area contributed by atoms with Gasteiger partial charge in [-0.05, 0) is 25.0 Å². The highest BCUT2D eigenvalue weighted by Crippen LogP contribution is 2.26. The van der Waals surface area contributed by atoms with E-state index < -0.39 is 36.3 Å². The molecule has 3 aromatic rings. The van der Waals surface area contributed by atoms with Crippen molar-refractivity contribution in [2.75, 3.05) is 10.6 Å². The summed E-state index contributed by atoms with van der Waals surface area (Å²) in [7, 11) is 1.50. The number of aliphatic hydroxyl groups excluding tert-OH is 1. The van der Waals surface area contributed by atoms with Crippen LogP contribution < -0.4 is 10.6 Å². The molecule has 1 saturated carbocycles. The third-order valence-corrected chi connectivity index (χ3v) is 5.23. The number of aliphatic carboxylic acids is 1. The minimum absolute atomic E-state index is 0.0554. The third-order valence-electron chi connectivity index (χ3n) is 5.23. The fraction of sp³-hybridized carbons (Fsp3) is 0.450. The van der Waals surface area contributed by atoms with E-state index in [0.717, 1.165) is 19.3 Å². The number of aliphatic hydroxyl groups is 1. The van der Waals surface area contributed by atoms with Gasteiger partial charge in [-0.25, -0.2) is 23.1 Å². The summed E-state index contributed by atoms with van der Waals surface area (Å²) in [6, 6.07) is 3.04. The molecule has 0 unspecified atom stereocenters. The lowest BCUT2D eigenvalue weighted by Crippen LogP contribution is -2.37. The van der Waals surface area contributed by atoms with Crippen molar-refractivity contribution in [3.8, 4) is 0 Å². The fourth-order valence-corrected chi connectivity index (χ4v) is 3.53. The number of aryl methyl sites for hydroxylation is 1. The van der Waals surface area contributed by atoms with Gasteiger partial charge in [-0.3, -0.25) is 9.48 Å². The lowest BCUT2D eigenvalue weighted by Gasteiger charge is -2.28. The zero-order valence-corrected chi connectivity index (χ0v) is 18.7. The molecule has 11 nitrogen and oxygen atoms in total. The van der Waals surface area contributed by atoms with Gasteiger partial charge in [-0.15, -0.1) is 5.10 Å². The molecule has 3 heterocycles. The summed E-state index contributed by atoms with van der Waals surface area (Å²) < 4.78 is 60.6. The van der Waals surface area contributed by atoms with Crippen molar-refractivity contribution in [2.24, 2.45) is 7.05 Å². The molecule has 2 atom stereocenters. The minimum atomic E-state index is -5.08. The van der Waals surface area contributed by atoms with Gasteiger partial charge in [0.1, 0.15) is 5.69 Å². The Hall–Kier alpha value is -3.82. The summed E-state index contributed by atoms with van der Waals surface area (Å²) in [5.41, 5.74) is 0.189. The first kappa shape index (κ1) is 26.8. The van der Waals surface area contributed by atoms with Gasteiger partial charge in [0.15, 0.2) is 5.69 Å². The average molecular weight is 519 g/mol. The molecule has 16 heteroatoms. The Balaban J connectivity index is 0.000000454. The van der Waals surface area contributed by atoms with E-state index in [0.29, 0.717) is 11.9 Å². The standard InChI is InChI=1S/C18H21F2N7O2.C2HF3O2/c1-26-9-12(15(24-26)16(19)20)22-17(29)13-7-6-10-8-21-18(25-27(10)13)23-11-4-2-3-5-14(11)28;3-2(4,5)1(6)7/h6-9,11,14,16,28H,2-5H2,1H3,(H,22,29)(H,23,25);(H,6,7)/t11-,14+;/m1./s1. The molecule has 1 amide bonds. The van der Waals surface area contributed by atoms with Crippen LogP contribution in [0, 0.1) is 0 Å². The summed E-state index contributed by atoms with van der Waals surface area (Å²) in [5.74, 6) is -3.07. The number of hydrogen-bond donors (Lipinski definition) is 4. The van der Waals surface area contributed by atoms with Gasteiger partial charge in [0.25, 0.3) is 12.3 Å². The largest absolute Gasteiger partial charge is 0.490 e. The molecule has 4 N–H and O–H groups in total. The zero-order chi connectivity index (χ0) is 26.6. The molecule has 3 aromatic heterocycles. The Kier molecular flexibility index (Phi) is 8.07. The summed E-state index contributed by atoms with van der Waals surface area (Å²) >= 11 is 0. The quantitative estimate of drug-likeness (QED) is 0.376. The highest BCUT2D eigenvalue weighted by Gasteiger charge is 2.38. The van der Waals surface area contributed by atoms with Gasteiger partial charge >= 0.3 is 12.1 Å². The van der Waals surface area contributed by atoms with Crippen molar-refractivity contribution in [3.05, 3.63) is 35.9 Å². The fourth-order valence-electron chi connectivity index (χ4n) is 3.53. The first-order valence-electron chi connectivity index (χ1n) is 10.6. The number of nitrogens with zero attached hydrogens (tertiary/aromatic N) is 5. The van der Waals surface area contributed by atoms with E-state index in [2.05, 4.69) is 25.8 Å². The van der Waals surface area contributed by atoms with E-state index >= 15 is 0 Å². The smallest absolute Gasteiger partial charge is 0.475 e. The number of carboxylic acid groups (broad SMARTS) is 1. The predicted molar refractivity (Wildman–Crippen MR) is 115 cm³/mol. The zero-order valence-electron chi connectivity index (χ0n) is 18.7. The number of aromatic nitrogens is 5. The molecule has 196 valence electrons. The van der Waals surface area contributed by atoms with E-state index in [4.69, 9.17) is 9.90 Å². The van der Waals surface area contributed by atoms with E-state index in [-0.39, 0.29) is 23.4 Å². The molecule has 0 radical (unpaired) electrons. The van der Waals surface area contributed by atoms with Crippen LogP contribution in [-0.4, -0.2) is 64.8 Å². The molecule has 1 aliphatic rings. The van der Waals surface area contributed by atoms with Crippen LogP contribution in [0.1, 0.15) is 48.3 Å². The van der Waals surface area contributed by atoms with Crippen molar-refractivity contribution < 1.29 is 41.8 Å². The molecule has 0 spiro atoms. The Morgan fingerprint density at radius 1 is 1.17 bits per heavy atom. The van der Waals surface area contributed by atoms with Crippen molar-refractivity contribution in [1.29, 1.82) is 0 Å². The van der Waals surface area contributed by atoms with Crippen molar-refractivity contribution in [1.82, 2.24) is 24.4 Å². The first-order chi connectivity index (χ1) is 16.9. The molecule has 0 aliphatic heterocycles. The van der Waals surface area contributed by atoms with Crippen LogP contribution in [0.3, 0.4) is 0 Å². The summed E-state index contributed by atoms with van der Waals surface area (Å²) in [5, 5.41) is 30.9. The van der Waals surface area contributed by atoms with Gasteiger partial charge in [0, 0.05) is 13.2 Å². The molecule has 0 aromatic carbocycles. The summed E-state index contributed by atoms with van der Waals surface area (Å²) in [6.07, 6.45) is -1.99. The average Bonchev–Trinajstić information content (AvgIpc) is 3.38. The Bertz CT molecular complexity index is 1230.